The monoisotopic (exact) mass is 1080 g/mol. The van der Waals surface area contributed by atoms with Crippen molar-refractivity contribution in [1.29, 1.82) is 0 Å². The molecular formula is C60H53F2N4OPt-3. The molecule has 7 aromatic carbocycles. The number of aromatic nitrogens is 2. The molecule has 2 aromatic heterocycles. The molecule has 0 spiro atoms. The first kappa shape index (κ1) is 46.5. The fourth-order valence-electron chi connectivity index (χ4n) is 8.97. The normalized spacial score (nSPS) is 13.0. The first-order valence-corrected chi connectivity index (χ1v) is 22.8. The molecule has 5 nitrogen and oxygen atoms in total. The number of anilines is 4. The summed E-state index contributed by atoms with van der Waals surface area (Å²) in [6, 6.07) is 54.6. The summed E-state index contributed by atoms with van der Waals surface area (Å²) in [6.07, 6.45) is 1.88. The van der Waals surface area contributed by atoms with Crippen LogP contribution in [0.5, 0.6) is 11.5 Å². The molecule has 0 aliphatic carbocycles. The summed E-state index contributed by atoms with van der Waals surface area (Å²) in [5.74, 6) is 0.590. The number of fused-ring (bicyclic) bond motifs is 4. The summed E-state index contributed by atoms with van der Waals surface area (Å²) in [5.41, 5.74) is 11.7. The predicted octanol–water partition coefficient (Wildman–Crippen LogP) is 16.5. The first-order valence-electron chi connectivity index (χ1n) is 22.8. The Morgan fingerprint density at radius 3 is 1.79 bits per heavy atom. The quantitative estimate of drug-likeness (QED) is 0.149. The van der Waals surface area contributed by atoms with Crippen LogP contribution in [-0.2, 0) is 37.3 Å². The maximum Gasteiger partial charge on any atom is 0.135 e. The summed E-state index contributed by atoms with van der Waals surface area (Å²) in [5, 5.41) is 2.15. The number of hydrogen-bond acceptors (Lipinski definition) is 4. The molecule has 0 atom stereocenters. The third-order valence-corrected chi connectivity index (χ3v) is 12.7. The van der Waals surface area contributed by atoms with Crippen molar-refractivity contribution >= 4 is 44.6 Å². The molecule has 0 amide bonds. The standard InChI is InChI=1S/C60H53F2N4O.Pt/c1-58(2,3)41-24-25-63-57(33-41)66-53-19-13-11-17-50(53)51-23-22-47(36-56(51)66)67-48-31-39(38-26-42(59(4,5)6)32-43(27-38)60(7,8)9)30-46(35-48)64-37-65(55-21-15-14-20-54(55)64)52-18-12-10-16-49(52)40-28-44(61)34-45(62)29-40;/h10-34,37H,1-9H3;/q-3;. The molecule has 0 saturated carbocycles. The van der Waals surface area contributed by atoms with Crippen LogP contribution in [0.15, 0.2) is 152 Å². The Hall–Kier alpha value is -6.56. The largest absolute Gasteiger partial charge is 0.509 e. The fraction of sp³-hybridized carbons (Fsp3) is 0.200. The van der Waals surface area contributed by atoms with Crippen molar-refractivity contribution in [2.24, 2.45) is 0 Å². The van der Waals surface area contributed by atoms with Crippen LogP contribution in [0.4, 0.5) is 31.5 Å². The summed E-state index contributed by atoms with van der Waals surface area (Å²) in [4.78, 5) is 9.05. The van der Waals surface area contributed by atoms with Gasteiger partial charge in [-0.25, -0.2) is 13.8 Å². The second-order valence-electron chi connectivity index (χ2n) is 20.6. The van der Waals surface area contributed by atoms with Crippen molar-refractivity contribution < 1.29 is 34.6 Å². The van der Waals surface area contributed by atoms with Gasteiger partial charge in [0.25, 0.3) is 0 Å². The number of benzene rings is 7. The van der Waals surface area contributed by atoms with Crippen LogP contribution in [0.2, 0.25) is 0 Å². The van der Waals surface area contributed by atoms with Crippen molar-refractivity contribution in [2.45, 2.75) is 78.6 Å². The van der Waals surface area contributed by atoms with Crippen LogP contribution in [-0.4, -0.2) is 9.55 Å². The van der Waals surface area contributed by atoms with Gasteiger partial charge in [-0.15, -0.1) is 53.6 Å². The molecule has 8 heteroatoms. The van der Waals surface area contributed by atoms with Gasteiger partial charge in [0.05, 0.1) is 0 Å². The number of rotatable bonds is 7. The molecule has 1 aliphatic rings. The number of halogens is 2. The van der Waals surface area contributed by atoms with Crippen molar-refractivity contribution in [1.82, 2.24) is 9.55 Å². The summed E-state index contributed by atoms with van der Waals surface area (Å²) in [7, 11) is 0. The minimum Gasteiger partial charge on any atom is -0.509 e. The van der Waals surface area contributed by atoms with Crippen LogP contribution >= 0.6 is 0 Å². The Kier molecular flexibility index (Phi) is 12.0. The molecule has 0 N–H and O–H groups in total. The van der Waals surface area contributed by atoms with Crippen molar-refractivity contribution in [2.75, 3.05) is 9.80 Å². The zero-order chi connectivity index (χ0) is 47.0. The van der Waals surface area contributed by atoms with E-state index in [9.17, 15) is 8.78 Å². The Labute approximate surface area is 413 Å². The zero-order valence-electron chi connectivity index (χ0n) is 39.8. The van der Waals surface area contributed by atoms with Gasteiger partial charge in [-0.3, -0.25) is 0 Å². The molecule has 3 heterocycles. The molecule has 0 saturated heterocycles. The zero-order valence-corrected chi connectivity index (χ0v) is 42.1. The van der Waals surface area contributed by atoms with Gasteiger partial charge in [-0.1, -0.05) is 135 Å². The van der Waals surface area contributed by atoms with E-state index in [4.69, 9.17) is 9.72 Å². The molecule has 0 radical (unpaired) electrons. The molecule has 68 heavy (non-hydrogen) atoms. The van der Waals surface area contributed by atoms with Crippen LogP contribution in [0, 0.1) is 30.4 Å². The van der Waals surface area contributed by atoms with E-state index in [1.54, 1.807) is 0 Å². The van der Waals surface area contributed by atoms with E-state index < -0.39 is 11.6 Å². The van der Waals surface area contributed by atoms with Crippen molar-refractivity contribution in [3.63, 3.8) is 0 Å². The average Bonchev–Trinajstić information content (AvgIpc) is 3.84. The summed E-state index contributed by atoms with van der Waals surface area (Å²) in [6.45, 7) is 22.1. The minimum absolute atomic E-state index is 0. The Morgan fingerprint density at radius 2 is 1.12 bits per heavy atom. The van der Waals surface area contributed by atoms with Gasteiger partial charge in [0.15, 0.2) is 0 Å². The molecule has 10 rings (SSSR count). The number of para-hydroxylation sites is 4. The topological polar surface area (TPSA) is 33.5 Å². The van der Waals surface area contributed by atoms with Crippen LogP contribution in [0.3, 0.4) is 0 Å². The first-order chi connectivity index (χ1) is 31.9. The summed E-state index contributed by atoms with van der Waals surface area (Å²) < 4.78 is 38.5. The number of nitrogens with zero attached hydrogens (tertiary/aromatic N) is 4. The van der Waals surface area contributed by atoms with Gasteiger partial charge in [0, 0.05) is 73.0 Å². The Bertz CT molecular complexity index is 3320. The fourth-order valence-corrected chi connectivity index (χ4v) is 8.97. The van der Waals surface area contributed by atoms with Gasteiger partial charge >= 0.3 is 0 Å². The Morgan fingerprint density at radius 1 is 0.515 bits per heavy atom. The SMILES string of the molecule is CC(C)(C)c1cc(-c2cc(Oc3[c-]c4c(cc3)c3ccccc3n4-c3cc(C(C)(C)C)ccn3)[c-]c(N3[CH-]N(c4ccccc4-c4cc(F)cc(F)c4)c4ccccc43)c2)cc(C(C)(C)C)c1.[Pt]. The molecule has 1 aliphatic heterocycles. The molecular weight excluding hydrogens is 1030 g/mol. The van der Waals surface area contributed by atoms with E-state index in [-0.39, 0.29) is 37.3 Å². The van der Waals surface area contributed by atoms with Gasteiger partial charge in [0.2, 0.25) is 0 Å². The van der Waals surface area contributed by atoms with E-state index in [0.29, 0.717) is 22.6 Å². The number of ether oxygens (including phenoxy) is 1. The van der Waals surface area contributed by atoms with Crippen molar-refractivity contribution in [3.8, 4) is 39.6 Å². The van der Waals surface area contributed by atoms with E-state index in [2.05, 4.69) is 168 Å². The maximum atomic E-state index is 14.7. The molecule has 0 unspecified atom stereocenters. The van der Waals surface area contributed by atoms with E-state index in [1.165, 1.54) is 28.8 Å². The average molecular weight is 1080 g/mol. The van der Waals surface area contributed by atoms with Gasteiger partial charge in [-0.2, -0.15) is 6.07 Å². The van der Waals surface area contributed by atoms with Crippen molar-refractivity contribution in [3.05, 3.63) is 199 Å². The smallest absolute Gasteiger partial charge is 0.135 e. The second kappa shape index (κ2) is 17.5. The van der Waals surface area contributed by atoms with E-state index in [1.807, 2.05) is 61.4 Å². The minimum atomic E-state index is -0.634. The van der Waals surface area contributed by atoms with Gasteiger partial charge in [-0.05, 0) is 98.0 Å². The third kappa shape index (κ3) is 8.85. The Balaban J connectivity index is 0.00000578. The van der Waals surface area contributed by atoms with Crippen LogP contribution in [0.1, 0.15) is 79.0 Å². The van der Waals surface area contributed by atoms with E-state index >= 15 is 0 Å². The van der Waals surface area contributed by atoms with Crippen LogP contribution < -0.4 is 14.5 Å². The predicted molar refractivity (Wildman–Crippen MR) is 271 cm³/mol. The third-order valence-electron chi connectivity index (χ3n) is 12.7. The molecule has 0 fully saturated rings. The van der Waals surface area contributed by atoms with Gasteiger partial charge in [0.1, 0.15) is 17.5 Å². The van der Waals surface area contributed by atoms with Gasteiger partial charge < -0.3 is 19.1 Å². The molecule has 9 aromatic rings. The number of pyridine rings is 1. The number of hydrogen-bond donors (Lipinski definition) is 0. The molecule has 0 bridgehead atoms. The summed E-state index contributed by atoms with van der Waals surface area (Å²) >= 11 is 0. The second-order valence-corrected chi connectivity index (χ2v) is 20.6. The van der Waals surface area contributed by atoms with E-state index in [0.717, 1.165) is 67.6 Å². The maximum absolute atomic E-state index is 14.7. The molecule has 346 valence electrons. The van der Waals surface area contributed by atoms with Crippen LogP contribution in [0.25, 0.3) is 49.9 Å².